The SMILES string of the molecule is NC(=O)[C@H](Cc1ccc(Cl)cc1)NC(=O)c1ccc(F)c(F)c1. The largest absolute Gasteiger partial charge is 0.368 e. The first-order valence-electron chi connectivity index (χ1n) is 6.66. The van der Waals surface area contributed by atoms with Crippen molar-refractivity contribution in [2.24, 2.45) is 5.73 Å². The number of nitrogens with one attached hydrogen (secondary N) is 1. The molecule has 0 unspecified atom stereocenters. The number of nitrogens with two attached hydrogens (primary N) is 1. The second-order valence-corrected chi connectivity index (χ2v) is 5.32. The minimum absolute atomic E-state index is 0.105. The molecule has 0 aromatic heterocycles. The Balaban J connectivity index is 2.12. The molecule has 0 saturated carbocycles. The van der Waals surface area contributed by atoms with Crippen molar-refractivity contribution in [1.29, 1.82) is 0 Å². The van der Waals surface area contributed by atoms with E-state index in [0.717, 1.165) is 23.8 Å². The number of carbonyl (C=O) groups is 2. The fourth-order valence-corrected chi connectivity index (χ4v) is 2.08. The highest BCUT2D eigenvalue weighted by Crippen LogP contribution is 2.12. The van der Waals surface area contributed by atoms with Gasteiger partial charge in [-0.3, -0.25) is 9.59 Å². The van der Waals surface area contributed by atoms with Gasteiger partial charge in [0.05, 0.1) is 0 Å². The number of primary amides is 1. The van der Waals surface area contributed by atoms with E-state index in [9.17, 15) is 18.4 Å². The van der Waals surface area contributed by atoms with Crippen molar-refractivity contribution < 1.29 is 18.4 Å². The normalized spacial score (nSPS) is 11.8. The number of rotatable bonds is 5. The number of carbonyl (C=O) groups excluding carboxylic acids is 2. The third-order valence-electron chi connectivity index (χ3n) is 3.18. The van der Waals surface area contributed by atoms with Crippen LogP contribution >= 0.6 is 11.6 Å². The zero-order valence-corrected chi connectivity index (χ0v) is 12.6. The second-order valence-electron chi connectivity index (χ2n) is 4.89. The highest BCUT2D eigenvalue weighted by atomic mass is 35.5. The Labute approximate surface area is 136 Å². The van der Waals surface area contributed by atoms with Crippen molar-refractivity contribution in [3.8, 4) is 0 Å². The molecule has 0 radical (unpaired) electrons. The monoisotopic (exact) mass is 338 g/mol. The summed E-state index contributed by atoms with van der Waals surface area (Å²) in [6, 6.07) is 8.40. The van der Waals surface area contributed by atoms with Gasteiger partial charge in [0.15, 0.2) is 11.6 Å². The molecule has 3 N–H and O–H groups in total. The topological polar surface area (TPSA) is 72.2 Å². The van der Waals surface area contributed by atoms with Gasteiger partial charge in [-0.05, 0) is 35.9 Å². The molecule has 23 heavy (non-hydrogen) atoms. The summed E-state index contributed by atoms with van der Waals surface area (Å²) in [6.07, 6.45) is 0.155. The van der Waals surface area contributed by atoms with Crippen LogP contribution in [0.4, 0.5) is 8.78 Å². The molecule has 7 heteroatoms. The predicted molar refractivity (Wildman–Crippen MR) is 82.0 cm³/mol. The molecule has 4 nitrogen and oxygen atoms in total. The molecular weight excluding hydrogens is 326 g/mol. The maximum absolute atomic E-state index is 13.2. The molecule has 2 aromatic carbocycles. The van der Waals surface area contributed by atoms with E-state index in [1.165, 1.54) is 0 Å². The van der Waals surface area contributed by atoms with Crippen LogP contribution in [-0.2, 0) is 11.2 Å². The molecule has 2 amide bonds. The van der Waals surface area contributed by atoms with Gasteiger partial charge in [-0.2, -0.15) is 0 Å². The molecule has 0 heterocycles. The zero-order valence-electron chi connectivity index (χ0n) is 11.9. The van der Waals surface area contributed by atoms with Crippen molar-refractivity contribution in [3.63, 3.8) is 0 Å². The van der Waals surface area contributed by atoms with Gasteiger partial charge in [-0.1, -0.05) is 23.7 Å². The van der Waals surface area contributed by atoms with Crippen LogP contribution in [0, 0.1) is 11.6 Å². The van der Waals surface area contributed by atoms with Crippen molar-refractivity contribution >= 4 is 23.4 Å². The summed E-state index contributed by atoms with van der Waals surface area (Å²) < 4.78 is 26.0. The first-order chi connectivity index (χ1) is 10.9. The van der Waals surface area contributed by atoms with Crippen molar-refractivity contribution in [2.75, 3.05) is 0 Å². The van der Waals surface area contributed by atoms with Gasteiger partial charge in [0, 0.05) is 17.0 Å². The molecule has 0 spiro atoms. The Morgan fingerprint density at radius 2 is 1.74 bits per heavy atom. The number of benzene rings is 2. The molecule has 0 bridgehead atoms. The minimum Gasteiger partial charge on any atom is -0.368 e. The van der Waals surface area contributed by atoms with Crippen molar-refractivity contribution in [1.82, 2.24) is 5.32 Å². The van der Waals surface area contributed by atoms with Gasteiger partial charge >= 0.3 is 0 Å². The molecule has 0 aliphatic carbocycles. The molecule has 0 aliphatic heterocycles. The Bertz CT molecular complexity index is 735. The number of hydrogen-bond donors (Lipinski definition) is 2. The summed E-state index contributed by atoms with van der Waals surface area (Å²) in [5, 5.41) is 2.94. The highest BCUT2D eigenvalue weighted by Gasteiger charge is 2.20. The Kier molecular flexibility index (Phi) is 5.28. The molecule has 120 valence electrons. The first kappa shape index (κ1) is 16.9. The van der Waals surface area contributed by atoms with E-state index in [1.807, 2.05) is 0 Å². The minimum atomic E-state index is -1.15. The average Bonchev–Trinajstić information content (AvgIpc) is 2.51. The van der Waals surface area contributed by atoms with Gasteiger partial charge < -0.3 is 11.1 Å². The van der Waals surface area contributed by atoms with Gasteiger partial charge in [0.2, 0.25) is 5.91 Å². The predicted octanol–water partition coefficient (Wildman–Crippen LogP) is 2.44. The number of halogens is 3. The summed E-state index contributed by atoms with van der Waals surface area (Å²) >= 11 is 5.78. The highest BCUT2D eigenvalue weighted by molar-refractivity contribution is 6.30. The van der Waals surface area contributed by atoms with Crippen LogP contribution < -0.4 is 11.1 Å². The summed E-state index contributed by atoms with van der Waals surface area (Å²) in [5.74, 6) is -3.67. The fourth-order valence-electron chi connectivity index (χ4n) is 1.96. The van der Waals surface area contributed by atoms with Crippen molar-refractivity contribution in [3.05, 3.63) is 70.2 Å². The van der Waals surface area contributed by atoms with Crippen LogP contribution in [0.25, 0.3) is 0 Å². The van der Waals surface area contributed by atoms with E-state index in [1.54, 1.807) is 24.3 Å². The molecular formula is C16H13ClF2N2O2. The fraction of sp³-hybridized carbons (Fsp3) is 0.125. The third kappa shape index (κ3) is 4.50. The third-order valence-corrected chi connectivity index (χ3v) is 3.44. The molecule has 0 fully saturated rings. The standard InChI is InChI=1S/C16H13ClF2N2O2/c17-11-4-1-9(2-5-11)7-14(15(20)22)21-16(23)10-3-6-12(18)13(19)8-10/h1-6,8,14H,7H2,(H2,20,22)(H,21,23)/t14-/m0/s1. The van der Waals surface area contributed by atoms with Crippen LogP contribution in [0.2, 0.25) is 5.02 Å². The first-order valence-corrected chi connectivity index (χ1v) is 7.04. The Morgan fingerprint density at radius 3 is 2.30 bits per heavy atom. The lowest BCUT2D eigenvalue weighted by atomic mass is 10.0. The number of amides is 2. The Hall–Kier alpha value is -2.47. The Morgan fingerprint density at radius 1 is 1.09 bits per heavy atom. The number of hydrogen-bond acceptors (Lipinski definition) is 2. The smallest absolute Gasteiger partial charge is 0.252 e. The summed E-state index contributed by atoms with van der Waals surface area (Å²) in [4.78, 5) is 23.5. The van der Waals surface area contributed by atoms with Crippen LogP contribution in [-0.4, -0.2) is 17.9 Å². The van der Waals surface area contributed by atoms with Crippen LogP contribution in [0.3, 0.4) is 0 Å². The lowest BCUT2D eigenvalue weighted by Crippen LogP contribution is -2.45. The maximum atomic E-state index is 13.2. The van der Waals surface area contributed by atoms with E-state index in [4.69, 9.17) is 17.3 Å². The van der Waals surface area contributed by atoms with Crippen molar-refractivity contribution in [2.45, 2.75) is 12.5 Å². The lowest BCUT2D eigenvalue weighted by molar-refractivity contribution is -0.119. The molecule has 0 aliphatic rings. The molecule has 1 atom stereocenters. The average molecular weight is 339 g/mol. The van der Waals surface area contributed by atoms with Crippen LogP contribution in [0.1, 0.15) is 15.9 Å². The maximum Gasteiger partial charge on any atom is 0.252 e. The summed E-state index contributed by atoms with van der Waals surface area (Å²) in [7, 11) is 0. The van der Waals surface area contributed by atoms with Crippen LogP contribution in [0.15, 0.2) is 42.5 Å². The van der Waals surface area contributed by atoms with E-state index >= 15 is 0 Å². The van der Waals surface area contributed by atoms with E-state index in [2.05, 4.69) is 5.32 Å². The van der Waals surface area contributed by atoms with Gasteiger partial charge in [-0.15, -0.1) is 0 Å². The molecule has 2 rings (SSSR count). The van der Waals surface area contributed by atoms with Crippen LogP contribution in [0.5, 0.6) is 0 Å². The quantitative estimate of drug-likeness (QED) is 0.879. The van der Waals surface area contributed by atoms with E-state index in [-0.39, 0.29) is 12.0 Å². The lowest BCUT2D eigenvalue weighted by Gasteiger charge is -2.16. The summed E-state index contributed by atoms with van der Waals surface area (Å²) in [5.41, 5.74) is 5.92. The van der Waals surface area contributed by atoms with Gasteiger partial charge in [-0.25, -0.2) is 8.78 Å². The van der Waals surface area contributed by atoms with E-state index < -0.39 is 29.5 Å². The zero-order chi connectivity index (χ0) is 17.0. The van der Waals surface area contributed by atoms with E-state index in [0.29, 0.717) is 5.02 Å². The van der Waals surface area contributed by atoms with Gasteiger partial charge in [0.25, 0.3) is 5.91 Å². The second kappa shape index (κ2) is 7.19. The molecule has 0 saturated heterocycles. The molecule has 2 aromatic rings. The summed E-state index contributed by atoms with van der Waals surface area (Å²) in [6.45, 7) is 0. The van der Waals surface area contributed by atoms with Gasteiger partial charge in [0.1, 0.15) is 6.04 Å².